The average molecular weight is 382 g/mol. The van der Waals surface area contributed by atoms with E-state index in [2.05, 4.69) is 26.5 Å². The molecule has 0 fully saturated rings. The number of amides is 1. The quantitative estimate of drug-likeness (QED) is 0.291. The standard InChI is InChI=1S/C21H23N3O4/c1-24(2,3)14-8-13-22-20(25)17-12-7-11-16-18(15-9-5-4-6-10-15)21(23(26)27)28-19(16)17/h4-7,9-12H,8,13-14H2,1-3H3/p+1. The predicted octanol–water partition coefficient (Wildman–Crippen LogP) is 3.83. The van der Waals surface area contributed by atoms with Gasteiger partial charge in [-0.2, -0.15) is 0 Å². The van der Waals surface area contributed by atoms with Crippen molar-refractivity contribution in [1.29, 1.82) is 0 Å². The summed E-state index contributed by atoms with van der Waals surface area (Å²) in [5.41, 5.74) is 1.60. The van der Waals surface area contributed by atoms with E-state index in [0.717, 1.165) is 17.4 Å². The molecule has 0 aliphatic carbocycles. The molecular formula is C21H24N3O4+. The number of hydrogen-bond donors (Lipinski definition) is 1. The van der Waals surface area contributed by atoms with Crippen molar-refractivity contribution in [2.75, 3.05) is 34.2 Å². The Kier molecular flexibility index (Phi) is 5.46. The summed E-state index contributed by atoms with van der Waals surface area (Å²) in [7, 11) is 6.28. The normalized spacial score (nSPS) is 11.5. The first-order chi connectivity index (χ1) is 13.3. The summed E-state index contributed by atoms with van der Waals surface area (Å²) in [6.07, 6.45) is 0.832. The molecule has 0 atom stereocenters. The number of nitrogens with one attached hydrogen (secondary N) is 1. The first-order valence-corrected chi connectivity index (χ1v) is 9.12. The molecule has 0 spiro atoms. The van der Waals surface area contributed by atoms with Crippen molar-refractivity contribution in [3.05, 3.63) is 64.2 Å². The Morgan fingerprint density at radius 2 is 1.82 bits per heavy atom. The Bertz CT molecular complexity index is 1000. The first kappa shape index (κ1) is 19.6. The van der Waals surface area contributed by atoms with Crippen molar-refractivity contribution < 1.29 is 18.6 Å². The van der Waals surface area contributed by atoms with Crippen molar-refractivity contribution >= 4 is 22.8 Å². The molecule has 1 N–H and O–H groups in total. The van der Waals surface area contributed by atoms with E-state index in [0.29, 0.717) is 28.6 Å². The lowest BCUT2D eigenvalue weighted by Gasteiger charge is -2.23. The largest absolute Gasteiger partial charge is 0.442 e. The number of nitro groups is 1. The van der Waals surface area contributed by atoms with Gasteiger partial charge in [-0.3, -0.25) is 14.9 Å². The average Bonchev–Trinajstić information content (AvgIpc) is 3.05. The van der Waals surface area contributed by atoms with E-state index in [1.54, 1.807) is 30.3 Å². The van der Waals surface area contributed by atoms with Crippen LogP contribution in [-0.2, 0) is 0 Å². The van der Waals surface area contributed by atoms with Crippen LogP contribution in [-0.4, -0.2) is 49.5 Å². The van der Waals surface area contributed by atoms with Gasteiger partial charge in [-0.25, -0.2) is 0 Å². The zero-order chi connectivity index (χ0) is 20.3. The summed E-state index contributed by atoms with van der Waals surface area (Å²) in [4.78, 5) is 23.7. The summed E-state index contributed by atoms with van der Waals surface area (Å²) in [6.45, 7) is 1.45. The molecule has 7 heteroatoms. The van der Waals surface area contributed by atoms with Crippen LogP contribution in [0.5, 0.6) is 0 Å². The van der Waals surface area contributed by atoms with E-state index in [1.807, 2.05) is 18.2 Å². The number of benzene rings is 2. The van der Waals surface area contributed by atoms with Gasteiger partial charge in [0.15, 0.2) is 5.58 Å². The fourth-order valence-electron chi connectivity index (χ4n) is 3.15. The number of para-hydroxylation sites is 1. The van der Waals surface area contributed by atoms with Gasteiger partial charge in [0.05, 0.1) is 33.3 Å². The first-order valence-electron chi connectivity index (χ1n) is 9.12. The maximum atomic E-state index is 12.7. The number of carbonyl (C=O) groups is 1. The fraction of sp³-hybridized carbons (Fsp3) is 0.286. The van der Waals surface area contributed by atoms with E-state index in [-0.39, 0.29) is 17.4 Å². The van der Waals surface area contributed by atoms with Crippen LogP contribution in [0.4, 0.5) is 5.88 Å². The Morgan fingerprint density at radius 1 is 1.11 bits per heavy atom. The van der Waals surface area contributed by atoms with Gasteiger partial charge >= 0.3 is 5.88 Å². The molecule has 7 nitrogen and oxygen atoms in total. The minimum Gasteiger partial charge on any atom is -0.399 e. The van der Waals surface area contributed by atoms with Gasteiger partial charge in [-0.1, -0.05) is 42.5 Å². The van der Waals surface area contributed by atoms with Crippen LogP contribution in [0.2, 0.25) is 0 Å². The number of fused-ring (bicyclic) bond motifs is 1. The highest BCUT2D eigenvalue weighted by Crippen LogP contribution is 2.40. The molecule has 3 aromatic rings. The third kappa shape index (κ3) is 4.20. The SMILES string of the molecule is C[N+](C)(C)CCCNC(=O)c1cccc2c(-c3ccccc3)c([N+](=O)[O-])oc12. The van der Waals surface area contributed by atoms with Crippen molar-refractivity contribution in [3.8, 4) is 11.1 Å². The second-order valence-electron chi connectivity index (χ2n) is 7.71. The molecule has 0 unspecified atom stereocenters. The summed E-state index contributed by atoms with van der Waals surface area (Å²) < 4.78 is 6.38. The van der Waals surface area contributed by atoms with E-state index in [4.69, 9.17) is 4.42 Å². The maximum Gasteiger partial charge on any atom is 0.442 e. The molecule has 0 saturated heterocycles. The van der Waals surface area contributed by atoms with Crippen LogP contribution >= 0.6 is 0 Å². The van der Waals surface area contributed by atoms with Crippen molar-refractivity contribution in [2.24, 2.45) is 0 Å². The maximum absolute atomic E-state index is 12.7. The second kappa shape index (κ2) is 7.82. The number of furan rings is 1. The van der Waals surface area contributed by atoms with Gasteiger partial charge in [-0.15, -0.1) is 0 Å². The van der Waals surface area contributed by atoms with E-state index in [1.165, 1.54) is 0 Å². The van der Waals surface area contributed by atoms with Crippen molar-refractivity contribution in [1.82, 2.24) is 5.32 Å². The Hall–Kier alpha value is -3.19. The lowest BCUT2D eigenvalue weighted by molar-refractivity contribution is -0.870. The van der Waals surface area contributed by atoms with Crippen LogP contribution in [0.1, 0.15) is 16.8 Å². The predicted molar refractivity (Wildman–Crippen MR) is 108 cm³/mol. The van der Waals surface area contributed by atoms with Crippen molar-refractivity contribution in [3.63, 3.8) is 0 Å². The third-order valence-electron chi connectivity index (χ3n) is 4.46. The van der Waals surface area contributed by atoms with Crippen LogP contribution in [0.15, 0.2) is 52.9 Å². The van der Waals surface area contributed by atoms with Crippen LogP contribution in [0, 0.1) is 10.1 Å². The van der Waals surface area contributed by atoms with E-state index < -0.39 is 4.92 Å². The van der Waals surface area contributed by atoms with E-state index in [9.17, 15) is 14.9 Å². The lowest BCUT2D eigenvalue weighted by atomic mass is 10.0. The molecule has 146 valence electrons. The van der Waals surface area contributed by atoms with Gasteiger partial charge in [0.2, 0.25) is 0 Å². The fourth-order valence-corrected chi connectivity index (χ4v) is 3.15. The Labute approximate surface area is 163 Å². The van der Waals surface area contributed by atoms with Gasteiger partial charge < -0.3 is 14.2 Å². The van der Waals surface area contributed by atoms with Crippen LogP contribution in [0.25, 0.3) is 22.1 Å². The van der Waals surface area contributed by atoms with Gasteiger partial charge in [0, 0.05) is 18.4 Å². The topological polar surface area (TPSA) is 85.4 Å². The molecule has 1 heterocycles. The monoisotopic (exact) mass is 382 g/mol. The summed E-state index contributed by atoms with van der Waals surface area (Å²) in [5, 5.41) is 15.0. The molecule has 0 saturated carbocycles. The molecule has 0 aliphatic rings. The van der Waals surface area contributed by atoms with Crippen LogP contribution in [0.3, 0.4) is 0 Å². The highest BCUT2D eigenvalue weighted by Gasteiger charge is 2.27. The molecule has 0 bridgehead atoms. The third-order valence-corrected chi connectivity index (χ3v) is 4.46. The molecular weight excluding hydrogens is 358 g/mol. The number of nitrogens with zero attached hydrogens (tertiary/aromatic N) is 2. The molecule has 0 radical (unpaired) electrons. The molecule has 2 aromatic carbocycles. The van der Waals surface area contributed by atoms with Gasteiger partial charge in [0.1, 0.15) is 10.5 Å². The lowest BCUT2D eigenvalue weighted by Crippen LogP contribution is -2.37. The zero-order valence-corrected chi connectivity index (χ0v) is 16.3. The van der Waals surface area contributed by atoms with Crippen LogP contribution < -0.4 is 5.32 Å². The van der Waals surface area contributed by atoms with Gasteiger partial charge in [-0.05, 0) is 11.6 Å². The summed E-state index contributed by atoms with van der Waals surface area (Å²) in [6, 6.07) is 14.1. The summed E-state index contributed by atoms with van der Waals surface area (Å²) >= 11 is 0. The zero-order valence-electron chi connectivity index (χ0n) is 16.3. The Balaban J connectivity index is 1.95. The minimum atomic E-state index is -0.550. The van der Waals surface area contributed by atoms with E-state index >= 15 is 0 Å². The number of carbonyl (C=O) groups excluding carboxylic acids is 1. The number of quaternary nitrogens is 1. The highest BCUT2D eigenvalue weighted by molar-refractivity contribution is 6.10. The second-order valence-corrected chi connectivity index (χ2v) is 7.71. The summed E-state index contributed by atoms with van der Waals surface area (Å²) in [5.74, 6) is -0.651. The highest BCUT2D eigenvalue weighted by atomic mass is 16.6. The Morgan fingerprint density at radius 3 is 2.46 bits per heavy atom. The molecule has 1 aromatic heterocycles. The number of rotatable bonds is 7. The molecule has 28 heavy (non-hydrogen) atoms. The molecule has 0 aliphatic heterocycles. The smallest absolute Gasteiger partial charge is 0.399 e. The van der Waals surface area contributed by atoms with Gasteiger partial charge in [0.25, 0.3) is 5.91 Å². The molecule has 1 amide bonds. The number of hydrogen-bond acceptors (Lipinski definition) is 4. The van der Waals surface area contributed by atoms with Crippen molar-refractivity contribution in [2.45, 2.75) is 6.42 Å². The minimum absolute atomic E-state index is 0.233. The molecule has 3 rings (SSSR count).